The number of carbonyl (C=O) groups excluding carboxylic acids is 1. The number of carboxylic acids is 1. The molecule has 158 valence electrons. The maximum absolute atomic E-state index is 13.5. The maximum Gasteiger partial charge on any atom is 0.335 e. The SMILES string of the molecule is Cc1ccc(-c2n[nH]c3c2[C@H](c2ccccc2Cl)N(c2ccc(C(=O)O)cc2)C3=O)cc1. The number of carboxylic acid groups (broad SMARTS) is 1. The van der Waals surface area contributed by atoms with E-state index in [9.17, 15) is 14.7 Å². The standard InChI is InChI=1S/C25H18ClN3O3/c1-14-6-8-15(9-7-14)21-20-22(28-27-21)24(30)29(17-12-10-16(11-13-17)25(31)32)23(20)18-4-2-3-5-19(18)26/h2-13,23H,1H3,(H,27,28)(H,31,32)/t23-/m0/s1. The van der Waals surface area contributed by atoms with E-state index in [-0.39, 0.29) is 11.5 Å². The predicted octanol–water partition coefficient (Wildman–Crippen LogP) is 5.49. The molecule has 0 aliphatic carbocycles. The van der Waals surface area contributed by atoms with Crippen LogP contribution in [0.5, 0.6) is 0 Å². The van der Waals surface area contributed by atoms with Crippen molar-refractivity contribution in [2.45, 2.75) is 13.0 Å². The molecule has 1 aliphatic heterocycles. The van der Waals surface area contributed by atoms with E-state index in [4.69, 9.17) is 11.6 Å². The first kappa shape index (κ1) is 20.0. The molecule has 1 amide bonds. The molecule has 0 radical (unpaired) electrons. The van der Waals surface area contributed by atoms with Crippen LogP contribution >= 0.6 is 11.6 Å². The quantitative estimate of drug-likeness (QED) is 0.437. The van der Waals surface area contributed by atoms with Crippen LogP contribution in [-0.2, 0) is 0 Å². The number of aromatic amines is 1. The lowest BCUT2D eigenvalue weighted by molar-refractivity contribution is 0.0696. The van der Waals surface area contributed by atoms with Crippen molar-refractivity contribution in [2.24, 2.45) is 0 Å². The smallest absolute Gasteiger partial charge is 0.335 e. The Morgan fingerprint density at radius 1 is 1.03 bits per heavy atom. The Morgan fingerprint density at radius 3 is 2.38 bits per heavy atom. The van der Waals surface area contributed by atoms with E-state index < -0.39 is 12.0 Å². The third kappa shape index (κ3) is 3.16. The van der Waals surface area contributed by atoms with Crippen LogP contribution < -0.4 is 4.90 Å². The summed E-state index contributed by atoms with van der Waals surface area (Å²) in [6.07, 6.45) is 0. The summed E-state index contributed by atoms with van der Waals surface area (Å²) in [6.45, 7) is 2.01. The summed E-state index contributed by atoms with van der Waals surface area (Å²) in [5, 5.41) is 17.2. The van der Waals surface area contributed by atoms with Crippen molar-refractivity contribution in [1.82, 2.24) is 10.2 Å². The van der Waals surface area contributed by atoms with Crippen molar-refractivity contribution >= 4 is 29.2 Å². The largest absolute Gasteiger partial charge is 0.478 e. The highest BCUT2D eigenvalue weighted by molar-refractivity contribution is 6.31. The number of rotatable bonds is 4. The number of fused-ring (bicyclic) bond motifs is 1. The van der Waals surface area contributed by atoms with Gasteiger partial charge >= 0.3 is 5.97 Å². The van der Waals surface area contributed by atoms with E-state index in [2.05, 4.69) is 10.2 Å². The second kappa shape index (κ2) is 7.66. The van der Waals surface area contributed by atoms with E-state index in [0.29, 0.717) is 22.1 Å². The van der Waals surface area contributed by atoms with E-state index >= 15 is 0 Å². The number of nitrogens with one attached hydrogen (secondary N) is 1. The molecule has 0 saturated carbocycles. The molecular weight excluding hydrogens is 426 g/mol. The Bertz CT molecular complexity index is 1340. The number of halogens is 1. The van der Waals surface area contributed by atoms with Crippen molar-refractivity contribution < 1.29 is 14.7 Å². The minimum Gasteiger partial charge on any atom is -0.478 e. The van der Waals surface area contributed by atoms with Crippen molar-refractivity contribution in [3.63, 3.8) is 0 Å². The zero-order valence-electron chi connectivity index (χ0n) is 17.0. The molecule has 2 N–H and O–H groups in total. The topological polar surface area (TPSA) is 86.3 Å². The van der Waals surface area contributed by atoms with Gasteiger partial charge in [-0.2, -0.15) is 5.10 Å². The molecule has 32 heavy (non-hydrogen) atoms. The Kier molecular flexibility index (Phi) is 4.79. The van der Waals surface area contributed by atoms with Gasteiger partial charge in [-0.15, -0.1) is 0 Å². The number of benzene rings is 3. The van der Waals surface area contributed by atoms with Gasteiger partial charge in [-0.25, -0.2) is 4.79 Å². The molecule has 6 nitrogen and oxygen atoms in total. The minimum atomic E-state index is -1.02. The number of aryl methyl sites for hydroxylation is 1. The average molecular weight is 444 g/mol. The number of carbonyl (C=O) groups is 2. The Balaban J connectivity index is 1.71. The van der Waals surface area contributed by atoms with Gasteiger partial charge in [0.1, 0.15) is 5.69 Å². The number of aromatic nitrogens is 2. The van der Waals surface area contributed by atoms with Gasteiger partial charge in [0.05, 0.1) is 17.3 Å². The van der Waals surface area contributed by atoms with Gasteiger partial charge in [0.25, 0.3) is 5.91 Å². The zero-order valence-corrected chi connectivity index (χ0v) is 17.8. The first-order valence-corrected chi connectivity index (χ1v) is 10.4. The highest BCUT2D eigenvalue weighted by Crippen LogP contribution is 2.46. The van der Waals surface area contributed by atoms with Crippen LogP contribution in [0.3, 0.4) is 0 Å². The summed E-state index contributed by atoms with van der Waals surface area (Å²) in [4.78, 5) is 26.4. The first-order valence-electron chi connectivity index (χ1n) is 10.0. The summed E-state index contributed by atoms with van der Waals surface area (Å²) in [6, 6.07) is 21.1. The fourth-order valence-electron chi connectivity index (χ4n) is 4.10. The molecule has 0 spiro atoms. The van der Waals surface area contributed by atoms with Gasteiger partial charge in [0.2, 0.25) is 0 Å². The summed E-state index contributed by atoms with van der Waals surface area (Å²) in [5.41, 5.74) is 5.32. The van der Waals surface area contributed by atoms with Crippen LogP contribution in [0.1, 0.15) is 43.6 Å². The number of aromatic carboxylic acids is 1. The highest BCUT2D eigenvalue weighted by atomic mass is 35.5. The molecule has 2 heterocycles. The summed E-state index contributed by atoms with van der Waals surface area (Å²) < 4.78 is 0. The van der Waals surface area contributed by atoms with E-state index in [1.807, 2.05) is 49.4 Å². The summed E-state index contributed by atoms with van der Waals surface area (Å²) in [7, 11) is 0. The van der Waals surface area contributed by atoms with Crippen LogP contribution in [0, 0.1) is 6.92 Å². The molecule has 1 aromatic heterocycles. The number of hydrogen-bond acceptors (Lipinski definition) is 3. The first-order chi connectivity index (χ1) is 15.5. The second-order valence-electron chi connectivity index (χ2n) is 7.68. The Hall–Kier alpha value is -3.90. The molecule has 1 aliphatic rings. The molecule has 5 rings (SSSR count). The third-order valence-electron chi connectivity index (χ3n) is 5.69. The lowest BCUT2D eigenvalue weighted by Gasteiger charge is -2.27. The second-order valence-corrected chi connectivity index (χ2v) is 8.09. The molecule has 0 fully saturated rings. The van der Waals surface area contributed by atoms with Crippen molar-refractivity contribution in [3.8, 4) is 11.3 Å². The van der Waals surface area contributed by atoms with E-state index in [1.54, 1.807) is 23.1 Å². The van der Waals surface area contributed by atoms with Gasteiger partial charge in [-0.3, -0.25) is 14.8 Å². The number of hydrogen-bond donors (Lipinski definition) is 2. The maximum atomic E-state index is 13.5. The lowest BCUT2D eigenvalue weighted by atomic mass is 9.95. The molecule has 7 heteroatoms. The van der Waals surface area contributed by atoms with Crippen molar-refractivity contribution in [1.29, 1.82) is 0 Å². The zero-order chi connectivity index (χ0) is 22.4. The minimum absolute atomic E-state index is 0.148. The normalized spacial score (nSPS) is 15.1. The van der Waals surface area contributed by atoms with Crippen LogP contribution in [0.15, 0.2) is 72.8 Å². The van der Waals surface area contributed by atoms with Gasteiger partial charge in [0.15, 0.2) is 0 Å². The average Bonchev–Trinajstić information content (AvgIpc) is 3.34. The number of nitrogens with zero attached hydrogens (tertiary/aromatic N) is 2. The van der Waals surface area contributed by atoms with Crippen LogP contribution in [0.2, 0.25) is 5.02 Å². The van der Waals surface area contributed by atoms with Gasteiger partial charge in [-0.1, -0.05) is 59.6 Å². The molecular formula is C25H18ClN3O3. The van der Waals surface area contributed by atoms with Crippen LogP contribution in [0.4, 0.5) is 5.69 Å². The molecule has 0 unspecified atom stereocenters. The molecule has 1 atom stereocenters. The van der Waals surface area contributed by atoms with Crippen molar-refractivity contribution in [3.05, 3.63) is 106 Å². The lowest BCUT2D eigenvalue weighted by Crippen LogP contribution is -2.29. The monoisotopic (exact) mass is 443 g/mol. The molecule has 0 bridgehead atoms. The molecule has 4 aromatic rings. The molecule has 0 saturated heterocycles. The van der Waals surface area contributed by atoms with Crippen LogP contribution in [-0.4, -0.2) is 27.2 Å². The van der Waals surface area contributed by atoms with E-state index in [1.165, 1.54) is 12.1 Å². The Morgan fingerprint density at radius 2 is 1.72 bits per heavy atom. The number of anilines is 1. The number of H-pyrrole nitrogens is 1. The fourth-order valence-corrected chi connectivity index (χ4v) is 4.34. The van der Waals surface area contributed by atoms with Gasteiger partial charge in [0, 0.05) is 21.8 Å². The highest BCUT2D eigenvalue weighted by Gasteiger charge is 2.43. The molecule has 3 aromatic carbocycles. The Labute approximate surface area is 189 Å². The van der Waals surface area contributed by atoms with Gasteiger partial charge < -0.3 is 5.11 Å². The summed E-state index contributed by atoms with van der Waals surface area (Å²) >= 11 is 6.58. The van der Waals surface area contributed by atoms with E-state index in [0.717, 1.165) is 22.3 Å². The fraction of sp³-hybridized carbons (Fsp3) is 0.0800. The number of amides is 1. The summed E-state index contributed by atoms with van der Waals surface area (Å²) in [5.74, 6) is -1.28. The van der Waals surface area contributed by atoms with Crippen molar-refractivity contribution in [2.75, 3.05) is 4.90 Å². The van der Waals surface area contributed by atoms with Gasteiger partial charge in [-0.05, 0) is 42.8 Å². The third-order valence-corrected chi connectivity index (χ3v) is 6.03. The van der Waals surface area contributed by atoms with Crippen LogP contribution in [0.25, 0.3) is 11.3 Å². The predicted molar refractivity (Wildman–Crippen MR) is 122 cm³/mol.